The van der Waals surface area contributed by atoms with Crippen molar-refractivity contribution in [1.82, 2.24) is 15.6 Å². The molecule has 0 saturated carbocycles. The van der Waals surface area contributed by atoms with Crippen molar-refractivity contribution in [3.8, 4) is 0 Å². The molecule has 1 aliphatic heterocycles. The van der Waals surface area contributed by atoms with E-state index in [1.165, 1.54) is 89.9 Å². The van der Waals surface area contributed by atoms with Gasteiger partial charge >= 0.3 is 12.2 Å². The van der Waals surface area contributed by atoms with E-state index >= 15 is 0 Å². The first-order valence-corrected chi connectivity index (χ1v) is 16.0. The topological polar surface area (TPSA) is 98.8 Å². The number of pyridine rings is 1. The number of hydrogen-bond donors (Lipinski definition) is 2. The second-order valence-electron chi connectivity index (χ2n) is 11.2. The molecule has 0 spiro atoms. The first kappa shape index (κ1) is 33.9. The second-order valence-corrected chi connectivity index (χ2v) is 11.2. The summed E-state index contributed by atoms with van der Waals surface area (Å²) in [6, 6.07) is 5.51. The van der Waals surface area contributed by atoms with Gasteiger partial charge in [-0.3, -0.25) is 4.98 Å². The fourth-order valence-electron chi connectivity index (χ4n) is 5.05. The molecule has 1 aromatic heterocycles. The van der Waals surface area contributed by atoms with E-state index < -0.39 is 17.8 Å². The SMILES string of the molecule is CCCCCCCCCCCCCCCCCCNC(=O)OCC1(COC(=O)NCc2ccccn2)CCCO1. The molecule has 8 heteroatoms. The molecule has 228 valence electrons. The van der Waals surface area contributed by atoms with Crippen molar-refractivity contribution in [2.75, 3.05) is 26.4 Å². The minimum absolute atomic E-state index is 0.0352. The predicted octanol–water partition coefficient (Wildman–Crippen LogP) is 7.84. The summed E-state index contributed by atoms with van der Waals surface area (Å²) < 4.78 is 16.6. The average molecular weight is 562 g/mol. The number of unbranched alkanes of at least 4 members (excludes halogenated alkanes) is 15. The first-order valence-electron chi connectivity index (χ1n) is 16.0. The smallest absolute Gasteiger partial charge is 0.407 e. The molecule has 40 heavy (non-hydrogen) atoms. The highest BCUT2D eigenvalue weighted by atomic mass is 16.6. The van der Waals surface area contributed by atoms with Crippen LogP contribution in [0, 0.1) is 0 Å². The molecule has 2 heterocycles. The Bertz CT molecular complexity index is 771. The maximum absolute atomic E-state index is 12.2. The quantitative estimate of drug-likeness (QED) is 0.132. The van der Waals surface area contributed by atoms with Crippen LogP contribution in [0.1, 0.15) is 128 Å². The number of alkyl carbamates (subject to hydrolysis) is 2. The fourth-order valence-corrected chi connectivity index (χ4v) is 5.05. The molecule has 1 aromatic rings. The summed E-state index contributed by atoms with van der Waals surface area (Å²) in [7, 11) is 0. The molecule has 2 amide bonds. The molecule has 8 nitrogen and oxygen atoms in total. The highest BCUT2D eigenvalue weighted by molar-refractivity contribution is 5.67. The van der Waals surface area contributed by atoms with Crippen LogP contribution in [0.25, 0.3) is 0 Å². The van der Waals surface area contributed by atoms with Crippen LogP contribution in [-0.2, 0) is 20.8 Å². The van der Waals surface area contributed by atoms with Crippen LogP contribution in [0.5, 0.6) is 0 Å². The molecule has 0 aliphatic carbocycles. The Morgan fingerprint density at radius 1 is 0.800 bits per heavy atom. The zero-order valence-electron chi connectivity index (χ0n) is 25.1. The molecule has 2 N–H and O–H groups in total. The summed E-state index contributed by atoms with van der Waals surface area (Å²) in [5.41, 5.74) is -0.0379. The predicted molar refractivity (Wildman–Crippen MR) is 159 cm³/mol. The van der Waals surface area contributed by atoms with E-state index in [0.717, 1.165) is 25.0 Å². The monoisotopic (exact) mass is 561 g/mol. The van der Waals surface area contributed by atoms with Gasteiger partial charge in [-0.2, -0.15) is 0 Å². The van der Waals surface area contributed by atoms with Crippen molar-refractivity contribution in [2.45, 2.75) is 135 Å². The minimum Gasteiger partial charge on any atom is -0.446 e. The minimum atomic E-state index is -0.784. The van der Waals surface area contributed by atoms with E-state index in [1.807, 2.05) is 18.2 Å². The summed E-state index contributed by atoms with van der Waals surface area (Å²) in [6.07, 6.45) is 23.4. The van der Waals surface area contributed by atoms with Gasteiger partial charge in [0.05, 0.1) is 12.2 Å². The van der Waals surface area contributed by atoms with Crippen LogP contribution in [0.15, 0.2) is 24.4 Å². The number of nitrogens with zero attached hydrogens (tertiary/aromatic N) is 1. The van der Waals surface area contributed by atoms with E-state index in [1.54, 1.807) is 6.20 Å². The molecule has 1 atom stereocenters. The van der Waals surface area contributed by atoms with Crippen molar-refractivity contribution in [1.29, 1.82) is 0 Å². The number of aromatic nitrogens is 1. The summed E-state index contributed by atoms with van der Waals surface area (Å²) in [5, 5.41) is 5.51. The van der Waals surface area contributed by atoms with Crippen molar-refractivity contribution in [3.63, 3.8) is 0 Å². The summed E-state index contributed by atoms with van der Waals surface area (Å²) in [6.45, 7) is 3.82. The number of amides is 2. The van der Waals surface area contributed by atoms with Gasteiger partial charge in [-0.15, -0.1) is 0 Å². The number of nitrogens with one attached hydrogen (secondary N) is 2. The normalized spacial score (nSPS) is 16.5. The molecule has 1 aliphatic rings. The van der Waals surface area contributed by atoms with Crippen LogP contribution >= 0.6 is 0 Å². The van der Waals surface area contributed by atoms with E-state index in [4.69, 9.17) is 14.2 Å². The highest BCUT2D eigenvalue weighted by Crippen LogP contribution is 2.26. The number of ether oxygens (including phenoxy) is 3. The molecule has 1 unspecified atom stereocenters. The Balaban J connectivity index is 1.41. The zero-order valence-corrected chi connectivity index (χ0v) is 25.1. The Kier molecular flexibility index (Phi) is 18.9. The largest absolute Gasteiger partial charge is 0.446 e. The van der Waals surface area contributed by atoms with E-state index in [-0.39, 0.29) is 19.8 Å². The average Bonchev–Trinajstić information content (AvgIpc) is 3.45. The standard InChI is InChI=1S/C32H55N3O5/c1-2-3-4-5-6-7-8-9-10-11-12-13-14-15-16-18-24-34-30(36)38-27-32(22-20-25-40-32)28-39-31(37)35-26-29-21-17-19-23-33-29/h17,19,21,23H,2-16,18,20,22,24-28H2,1H3,(H,34,36)(H,35,37). The maximum Gasteiger partial charge on any atom is 0.407 e. The van der Waals surface area contributed by atoms with Gasteiger partial charge in [0.1, 0.15) is 18.8 Å². The zero-order chi connectivity index (χ0) is 28.6. The molecule has 2 rings (SSSR count). The molecular formula is C32H55N3O5. The first-order chi connectivity index (χ1) is 19.6. The summed E-state index contributed by atoms with van der Waals surface area (Å²) in [4.78, 5) is 28.4. The van der Waals surface area contributed by atoms with Gasteiger partial charge in [0.25, 0.3) is 0 Å². The van der Waals surface area contributed by atoms with Crippen LogP contribution in [0.3, 0.4) is 0 Å². The number of rotatable bonds is 23. The highest BCUT2D eigenvalue weighted by Gasteiger charge is 2.38. The Hall–Kier alpha value is -2.35. The summed E-state index contributed by atoms with van der Waals surface area (Å²) >= 11 is 0. The third kappa shape index (κ3) is 16.7. The van der Waals surface area contributed by atoms with Gasteiger partial charge in [0.15, 0.2) is 0 Å². The Morgan fingerprint density at radius 2 is 1.35 bits per heavy atom. The molecular weight excluding hydrogens is 506 g/mol. The number of carbonyl (C=O) groups excluding carboxylic acids is 2. The van der Waals surface area contributed by atoms with Gasteiger partial charge in [0.2, 0.25) is 0 Å². The van der Waals surface area contributed by atoms with Crippen LogP contribution in [0.2, 0.25) is 0 Å². The van der Waals surface area contributed by atoms with Gasteiger partial charge in [-0.1, -0.05) is 109 Å². The molecule has 1 fully saturated rings. The fraction of sp³-hybridized carbons (Fsp3) is 0.781. The van der Waals surface area contributed by atoms with E-state index in [0.29, 0.717) is 19.6 Å². The van der Waals surface area contributed by atoms with Crippen LogP contribution in [0.4, 0.5) is 9.59 Å². The number of carbonyl (C=O) groups is 2. The van der Waals surface area contributed by atoms with Crippen molar-refractivity contribution < 1.29 is 23.8 Å². The molecule has 0 aromatic carbocycles. The third-order valence-electron chi connectivity index (χ3n) is 7.56. The van der Waals surface area contributed by atoms with Gasteiger partial charge in [0, 0.05) is 19.3 Å². The van der Waals surface area contributed by atoms with Crippen molar-refractivity contribution in [2.24, 2.45) is 0 Å². The lowest BCUT2D eigenvalue weighted by atomic mass is 10.0. The van der Waals surface area contributed by atoms with Crippen LogP contribution in [-0.4, -0.2) is 49.1 Å². The van der Waals surface area contributed by atoms with Crippen molar-refractivity contribution >= 4 is 12.2 Å². The maximum atomic E-state index is 12.2. The number of hydrogen-bond acceptors (Lipinski definition) is 6. The van der Waals surface area contributed by atoms with E-state index in [2.05, 4.69) is 22.5 Å². The van der Waals surface area contributed by atoms with Gasteiger partial charge in [-0.05, 0) is 31.4 Å². The Labute approximate surface area is 242 Å². The van der Waals surface area contributed by atoms with Gasteiger partial charge < -0.3 is 24.8 Å². The van der Waals surface area contributed by atoms with Gasteiger partial charge in [-0.25, -0.2) is 9.59 Å². The molecule has 0 bridgehead atoms. The van der Waals surface area contributed by atoms with Crippen molar-refractivity contribution in [3.05, 3.63) is 30.1 Å². The molecule has 0 radical (unpaired) electrons. The third-order valence-corrected chi connectivity index (χ3v) is 7.56. The lowest BCUT2D eigenvalue weighted by molar-refractivity contribution is -0.0771. The summed E-state index contributed by atoms with van der Waals surface area (Å²) in [5.74, 6) is 0. The second kappa shape index (κ2) is 22.4. The molecule has 1 saturated heterocycles. The van der Waals surface area contributed by atoms with E-state index in [9.17, 15) is 9.59 Å². The lowest BCUT2D eigenvalue weighted by Crippen LogP contribution is -2.43. The van der Waals surface area contributed by atoms with Crippen LogP contribution < -0.4 is 10.6 Å². The Morgan fingerprint density at radius 3 is 1.85 bits per heavy atom. The lowest BCUT2D eigenvalue weighted by Gasteiger charge is -2.27.